The highest BCUT2D eigenvalue weighted by atomic mass is 127. The zero-order chi connectivity index (χ0) is 15.2. The summed E-state index contributed by atoms with van der Waals surface area (Å²) in [5.74, 6) is -0.0625. The fourth-order valence-corrected chi connectivity index (χ4v) is 2.39. The molecular weight excluding hydrogens is 383 g/mol. The molecule has 0 aliphatic heterocycles. The van der Waals surface area contributed by atoms with Crippen molar-refractivity contribution in [2.75, 3.05) is 7.11 Å². The third-order valence-corrected chi connectivity index (χ3v) is 3.58. The van der Waals surface area contributed by atoms with Crippen molar-refractivity contribution in [3.05, 3.63) is 63.2 Å². The number of hydrogen-bond acceptors (Lipinski definition) is 3. The number of halogens is 1. The van der Waals surface area contributed by atoms with Crippen LogP contribution in [0, 0.1) is 3.57 Å². The van der Waals surface area contributed by atoms with E-state index in [2.05, 4.69) is 33.4 Å². The number of nitrogens with one attached hydrogen (secondary N) is 2. The van der Waals surface area contributed by atoms with Gasteiger partial charge in [-0.25, -0.2) is 0 Å². The molecule has 6 heteroatoms. The number of hydrogen-bond donors (Lipinski definition) is 2. The summed E-state index contributed by atoms with van der Waals surface area (Å²) in [6.45, 7) is 0. The molecule has 0 aliphatic rings. The van der Waals surface area contributed by atoms with Gasteiger partial charge in [0.2, 0.25) is 0 Å². The van der Waals surface area contributed by atoms with E-state index >= 15 is 0 Å². The minimum Gasteiger partial charge on any atom is -0.496 e. The monoisotopic (exact) mass is 396 g/mol. The van der Waals surface area contributed by atoms with Gasteiger partial charge in [0.15, 0.2) is 0 Å². The van der Waals surface area contributed by atoms with E-state index in [4.69, 9.17) is 4.74 Å². The summed E-state index contributed by atoms with van der Waals surface area (Å²) < 4.78 is 5.94. The Labute approximate surface area is 135 Å². The molecule has 0 atom stereocenters. The number of benzene rings is 2. The van der Waals surface area contributed by atoms with Crippen molar-refractivity contribution in [1.82, 2.24) is 10.9 Å². The van der Waals surface area contributed by atoms with Crippen LogP contribution in [0.4, 0.5) is 0 Å². The number of rotatable bonds is 3. The Morgan fingerprint density at radius 1 is 0.952 bits per heavy atom. The first kappa shape index (κ1) is 15.3. The van der Waals surface area contributed by atoms with Gasteiger partial charge in [-0.3, -0.25) is 20.4 Å². The average Bonchev–Trinajstić information content (AvgIpc) is 2.53. The van der Waals surface area contributed by atoms with Crippen LogP contribution in [0.5, 0.6) is 5.75 Å². The molecule has 0 fully saturated rings. The fourth-order valence-electron chi connectivity index (χ4n) is 1.66. The summed E-state index contributed by atoms with van der Waals surface area (Å²) in [5, 5.41) is 0. The van der Waals surface area contributed by atoms with Crippen LogP contribution < -0.4 is 15.6 Å². The van der Waals surface area contributed by atoms with Gasteiger partial charge in [-0.1, -0.05) is 18.2 Å². The van der Waals surface area contributed by atoms with Crippen LogP contribution in [-0.4, -0.2) is 18.9 Å². The summed E-state index contributed by atoms with van der Waals surface area (Å²) in [5.41, 5.74) is 5.67. The zero-order valence-electron chi connectivity index (χ0n) is 11.2. The quantitative estimate of drug-likeness (QED) is 0.619. The van der Waals surface area contributed by atoms with Crippen molar-refractivity contribution in [2.45, 2.75) is 0 Å². The van der Waals surface area contributed by atoms with Crippen molar-refractivity contribution < 1.29 is 14.3 Å². The molecule has 0 radical (unpaired) electrons. The first-order valence-corrected chi connectivity index (χ1v) is 7.19. The summed E-state index contributed by atoms with van der Waals surface area (Å²) in [4.78, 5) is 23.8. The van der Waals surface area contributed by atoms with E-state index in [1.54, 1.807) is 49.6 Å². The highest BCUT2D eigenvalue weighted by Crippen LogP contribution is 2.21. The van der Waals surface area contributed by atoms with E-state index in [9.17, 15) is 9.59 Å². The lowest BCUT2D eigenvalue weighted by atomic mass is 10.2. The molecule has 108 valence electrons. The Bertz CT molecular complexity index is 659. The minimum atomic E-state index is -0.389. The van der Waals surface area contributed by atoms with Gasteiger partial charge in [0.05, 0.1) is 10.7 Å². The average molecular weight is 396 g/mol. The maximum atomic E-state index is 12.0. The molecule has 2 rings (SSSR count). The van der Waals surface area contributed by atoms with E-state index in [0.717, 1.165) is 3.57 Å². The molecule has 0 bridgehead atoms. The lowest BCUT2D eigenvalue weighted by Gasteiger charge is -2.09. The lowest BCUT2D eigenvalue weighted by Crippen LogP contribution is -2.41. The molecule has 0 saturated carbocycles. The molecule has 0 aromatic heterocycles. The second-order valence-corrected chi connectivity index (χ2v) is 5.29. The maximum Gasteiger partial charge on any atom is 0.269 e. The normalized spacial score (nSPS) is 9.81. The first-order chi connectivity index (χ1) is 10.1. The molecular formula is C15H13IN2O3. The number of hydrazine groups is 1. The highest BCUT2D eigenvalue weighted by Gasteiger charge is 2.10. The smallest absolute Gasteiger partial charge is 0.269 e. The van der Waals surface area contributed by atoms with Gasteiger partial charge in [0.1, 0.15) is 5.75 Å². The molecule has 0 unspecified atom stereocenters. The molecule has 0 heterocycles. The van der Waals surface area contributed by atoms with E-state index in [1.807, 2.05) is 6.07 Å². The first-order valence-electron chi connectivity index (χ1n) is 6.11. The number of carbonyl (C=O) groups excluding carboxylic acids is 2. The van der Waals surface area contributed by atoms with Crippen molar-refractivity contribution in [2.24, 2.45) is 0 Å². The Balaban J connectivity index is 1.99. The van der Waals surface area contributed by atoms with Crippen LogP contribution in [0.3, 0.4) is 0 Å². The number of carbonyl (C=O) groups is 2. The van der Waals surface area contributed by atoms with Gasteiger partial charge < -0.3 is 4.74 Å². The minimum absolute atomic E-state index is 0.368. The third kappa shape index (κ3) is 3.94. The second-order valence-electron chi connectivity index (χ2n) is 4.12. The highest BCUT2D eigenvalue weighted by molar-refractivity contribution is 14.1. The number of methoxy groups -OCH3 is 1. The summed E-state index contributed by atoms with van der Waals surface area (Å²) >= 11 is 2.08. The predicted molar refractivity (Wildman–Crippen MR) is 87.1 cm³/mol. The van der Waals surface area contributed by atoms with Gasteiger partial charge in [-0.15, -0.1) is 0 Å². The largest absolute Gasteiger partial charge is 0.496 e. The van der Waals surface area contributed by atoms with Crippen molar-refractivity contribution >= 4 is 34.4 Å². The van der Waals surface area contributed by atoms with Crippen molar-refractivity contribution in [3.63, 3.8) is 0 Å². The van der Waals surface area contributed by atoms with Gasteiger partial charge >= 0.3 is 0 Å². The standard InChI is InChI=1S/C15H13IN2O3/c1-21-13-8-7-11(9-12(13)16)15(20)18-17-14(19)10-5-3-2-4-6-10/h2-9H,1H3,(H,17,19)(H,18,20). The molecule has 21 heavy (non-hydrogen) atoms. The third-order valence-electron chi connectivity index (χ3n) is 2.74. The number of ether oxygens (including phenoxy) is 1. The van der Waals surface area contributed by atoms with Crippen LogP contribution in [0.1, 0.15) is 20.7 Å². The number of amides is 2. The van der Waals surface area contributed by atoms with Crippen LogP contribution in [0.25, 0.3) is 0 Å². The van der Waals surface area contributed by atoms with Crippen LogP contribution in [0.2, 0.25) is 0 Å². The maximum absolute atomic E-state index is 12.0. The topological polar surface area (TPSA) is 67.4 Å². The van der Waals surface area contributed by atoms with Gasteiger partial charge in [-0.2, -0.15) is 0 Å². The summed E-state index contributed by atoms with van der Waals surface area (Å²) in [6.07, 6.45) is 0. The molecule has 2 aromatic carbocycles. The molecule has 0 aliphatic carbocycles. The van der Waals surface area contributed by atoms with Crippen molar-refractivity contribution in [1.29, 1.82) is 0 Å². The van der Waals surface area contributed by atoms with Crippen LogP contribution >= 0.6 is 22.6 Å². The Morgan fingerprint density at radius 2 is 1.57 bits per heavy atom. The molecule has 0 spiro atoms. The predicted octanol–water partition coefficient (Wildman–Crippen LogP) is 2.37. The molecule has 0 saturated heterocycles. The molecule has 5 nitrogen and oxygen atoms in total. The van der Waals surface area contributed by atoms with Crippen LogP contribution in [0.15, 0.2) is 48.5 Å². The van der Waals surface area contributed by atoms with E-state index in [-0.39, 0.29) is 11.8 Å². The molecule has 2 amide bonds. The van der Waals surface area contributed by atoms with Crippen LogP contribution in [-0.2, 0) is 0 Å². The van der Waals surface area contributed by atoms with Gasteiger partial charge in [0.25, 0.3) is 11.8 Å². The Kier molecular flexibility index (Phi) is 5.15. The van der Waals surface area contributed by atoms with Gasteiger partial charge in [0, 0.05) is 11.1 Å². The molecule has 2 N–H and O–H groups in total. The lowest BCUT2D eigenvalue weighted by molar-refractivity contribution is 0.0846. The second kappa shape index (κ2) is 7.07. The fraction of sp³-hybridized carbons (Fsp3) is 0.0667. The summed E-state index contributed by atoms with van der Waals surface area (Å²) in [7, 11) is 1.57. The van der Waals surface area contributed by atoms with Crippen molar-refractivity contribution in [3.8, 4) is 5.75 Å². The Hall–Kier alpha value is -2.09. The SMILES string of the molecule is COc1ccc(C(=O)NNC(=O)c2ccccc2)cc1I. The van der Waals surface area contributed by atoms with E-state index in [1.165, 1.54) is 0 Å². The zero-order valence-corrected chi connectivity index (χ0v) is 13.4. The van der Waals surface area contributed by atoms with E-state index in [0.29, 0.717) is 16.9 Å². The van der Waals surface area contributed by atoms with Gasteiger partial charge in [-0.05, 0) is 52.9 Å². The molecule has 2 aromatic rings. The summed E-state index contributed by atoms with van der Waals surface area (Å²) in [6, 6.07) is 13.7. The Morgan fingerprint density at radius 3 is 2.14 bits per heavy atom. The van der Waals surface area contributed by atoms with E-state index < -0.39 is 0 Å².